The third-order valence-electron chi connectivity index (χ3n) is 4.35. The molecule has 0 radical (unpaired) electrons. The fourth-order valence-electron chi connectivity index (χ4n) is 3.42. The Morgan fingerprint density at radius 3 is 2.67 bits per heavy atom. The van der Waals surface area contributed by atoms with Crippen molar-refractivity contribution >= 4 is 17.3 Å². The van der Waals surface area contributed by atoms with Crippen molar-refractivity contribution in [3.05, 3.63) is 35.9 Å². The summed E-state index contributed by atoms with van der Waals surface area (Å²) < 4.78 is 0. The highest BCUT2D eigenvalue weighted by Gasteiger charge is 2.39. The maximum atomic E-state index is 5.38. The van der Waals surface area contributed by atoms with E-state index in [1.165, 1.54) is 31.2 Å². The van der Waals surface area contributed by atoms with Gasteiger partial charge in [-0.15, -0.1) is 0 Å². The third-order valence-corrected chi connectivity index (χ3v) is 4.61. The van der Waals surface area contributed by atoms with Crippen molar-refractivity contribution in [2.45, 2.75) is 38.3 Å². The number of fused-ring (bicyclic) bond motifs is 2. The van der Waals surface area contributed by atoms with E-state index in [2.05, 4.69) is 34.9 Å². The number of thiocarbonyl (C=S) groups is 1. The van der Waals surface area contributed by atoms with Crippen LogP contribution in [0.4, 0.5) is 0 Å². The molecule has 0 heterocycles. The molecule has 2 fully saturated rings. The Bertz CT molecular complexity index is 418. The van der Waals surface area contributed by atoms with Crippen LogP contribution in [0.3, 0.4) is 0 Å². The van der Waals surface area contributed by atoms with Gasteiger partial charge in [0.05, 0.1) is 0 Å². The molecule has 2 nitrogen and oxygen atoms in total. The summed E-state index contributed by atoms with van der Waals surface area (Å²) in [5.41, 5.74) is 1.27. The molecule has 0 amide bonds. The molecular formula is C15H20N2S. The van der Waals surface area contributed by atoms with Crippen LogP contribution in [0.2, 0.25) is 0 Å². The summed E-state index contributed by atoms with van der Waals surface area (Å²) >= 11 is 5.38. The highest BCUT2D eigenvalue weighted by molar-refractivity contribution is 7.80. The summed E-state index contributed by atoms with van der Waals surface area (Å²) in [5.74, 6) is 1.83. The van der Waals surface area contributed by atoms with Gasteiger partial charge < -0.3 is 10.6 Å². The van der Waals surface area contributed by atoms with Gasteiger partial charge in [0.1, 0.15) is 0 Å². The molecule has 18 heavy (non-hydrogen) atoms. The van der Waals surface area contributed by atoms with E-state index in [0.29, 0.717) is 6.04 Å². The van der Waals surface area contributed by atoms with Gasteiger partial charge in [-0.3, -0.25) is 0 Å². The highest BCUT2D eigenvalue weighted by Crippen LogP contribution is 2.44. The minimum Gasteiger partial charge on any atom is -0.360 e. The smallest absolute Gasteiger partial charge is 0.166 e. The Morgan fingerprint density at radius 1 is 1.17 bits per heavy atom. The zero-order valence-corrected chi connectivity index (χ0v) is 11.4. The van der Waals surface area contributed by atoms with E-state index in [-0.39, 0.29) is 0 Å². The van der Waals surface area contributed by atoms with Crippen molar-refractivity contribution < 1.29 is 0 Å². The predicted octanol–water partition coefficient (Wildman–Crippen LogP) is 2.84. The largest absolute Gasteiger partial charge is 0.360 e. The zero-order valence-electron chi connectivity index (χ0n) is 10.6. The molecule has 96 valence electrons. The molecule has 0 spiro atoms. The summed E-state index contributed by atoms with van der Waals surface area (Å²) in [7, 11) is 0. The minimum absolute atomic E-state index is 0.625. The molecule has 0 aromatic heterocycles. The zero-order chi connectivity index (χ0) is 12.4. The average Bonchev–Trinajstić information content (AvgIpc) is 3.00. The molecule has 1 aromatic carbocycles. The second-order valence-corrected chi connectivity index (χ2v) is 6.00. The van der Waals surface area contributed by atoms with E-state index in [0.717, 1.165) is 23.5 Å². The van der Waals surface area contributed by atoms with Gasteiger partial charge >= 0.3 is 0 Å². The molecule has 2 bridgehead atoms. The summed E-state index contributed by atoms with van der Waals surface area (Å²) in [6.07, 6.45) is 5.56. The molecule has 0 aliphatic heterocycles. The monoisotopic (exact) mass is 260 g/mol. The molecule has 2 N–H and O–H groups in total. The summed E-state index contributed by atoms with van der Waals surface area (Å²) in [4.78, 5) is 0. The minimum atomic E-state index is 0.625. The number of hydrogen-bond acceptors (Lipinski definition) is 1. The number of benzene rings is 1. The Labute approximate surface area is 114 Å². The molecule has 2 aliphatic rings. The topological polar surface area (TPSA) is 24.1 Å². The van der Waals surface area contributed by atoms with Gasteiger partial charge in [0.15, 0.2) is 5.11 Å². The van der Waals surface area contributed by atoms with E-state index < -0.39 is 0 Å². The van der Waals surface area contributed by atoms with Gasteiger partial charge in [0.25, 0.3) is 0 Å². The fourth-order valence-corrected chi connectivity index (χ4v) is 3.64. The first-order chi connectivity index (χ1) is 8.81. The quantitative estimate of drug-likeness (QED) is 0.817. The van der Waals surface area contributed by atoms with Crippen molar-refractivity contribution in [1.29, 1.82) is 0 Å². The fraction of sp³-hybridized carbons (Fsp3) is 0.533. The summed E-state index contributed by atoms with van der Waals surface area (Å²) in [6, 6.07) is 11.0. The Morgan fingerprint density at radius 2 is 2.00 bits per heavy atom. The number of rotatable bonds is 3. The van der Waals surface area contributed by atoms with Crippen molar-refractivity contribution in [2.24, 2.45) is 11.8 Å². The van der Waals surface area contributed by atoms with Crippen LogP contribution in [0.1, 0.15) is 31.2 Å². The molecule has 1 aromatic rings. The number of nitrogens with one attached hydrogen (secondary N) is 2. The van der Waals surface area contributed by atoms with Crippen LogP contribution in [0.15, 0.2) is 30.3 Å². The van der Waals surface area contributed by atoms with Crippen LogP contribution in [0.25, 0.3) is 0 Å². The maximum absolute atomic E-state index is 5.38. The van der Waals surface area contributed by atoms with Crippen molar-refractivity contribution in [2.75, 3.05) is 0 Å². The Balaban J connectivity index is 1.45. The van der Waals surface area contributed by atoms with Gasteiger partial charge in [0.2, 0.25) is 0 Å². The van der Waals surface area contributed by atoms with Crippen molar-refractivity contribution in [3.63, 3.8) is 0 Å². The van der Waals surface area contributed by atoms with E-state index in [1.54, 1.807) is 0 Å². The summed E-state index contributed by atoms with van der Waals surface area (Å²) in [5, 5.41) is 7.62. The van der Waals surface area contributed by atoms with Crippen LogP contribution < -0.4 is 10.6 Å². The van der Waals surface area contributed by atoms with E-state index in [1.807, 2.05) is 6.07 Å². The Hall–Kier alpha value is -1.09. The SMILES string of the molecule is S=C(NCc1ccccc1)N[C@H]1C[C@@H]2CC[C@@H]1C2. The van der Waals surface area contributed by atoms with Crippen molar-refractivity contribution in [3.8, 4) is 0 Å². The first-order valence-corrected chi connectivity index (χ1v) is 7.30. The highest BCUT2D eigenvalue weighted by atomic mass is 32.1. The molecule has 3 heteroatoms. The molecule has 3 rings (SSSR count). The second-order valence-electron chi connectivity index (χ2n) is 5.59. The van der Waals surface area contributed by atoms with Gasteiger partial charge in [-0.25, -0.2) is 0 Å². The lowest BCUT2D eigenvalue weighted by molar-refractivity contribution is 0.389. The molecule has 3 atom stereocenters. The van der Waals surface area contributed by atoms with Crippen LogP contribution in [-0.2, 0) is 6.54 Å². The molecule has 0 saturated heterocycles. The molecule has 2 aliphatic carbocycles. The normalized spacial score (nSPS) is 29.2. The molecule has 0 unspecified atom stereocenters. The van der Waals surface area contributed by atoms with Gasteiger partial charge in [-0.1, -0.05) is 36.8 Å². The standard InChI is InChI=1S/C15H20N2S/c18-15(16-10-11-4-2-1-3-5-11)17-14-9-12-6-7-13(14)8-12/h1-5,12-14H,6-10H2,(H2,16,17,18)/t12-,13-,14+/m1/s1. The summed E-state index contributed by atoms with van der Waals surface area (Å²) in [6.45, 7) is 0.813. The number of hydrogen-bond donors (Lipinski definition) is 2. The molecule has 2 saturated carbocycles. The Kier molecular flexibility index (Phi) is 3.50. The van der Waals surface area contributed by atoms with Crippen LogP contribution in [0.5, 0.6) is 0 Å². The second kappa shape index (κ2) is 5.27. The van der Waals surface area contributed by atoms with Crippen molar-refractivity contribution in [1.82, 2.24) is 10.6 Å². The first-order valence-electron chi connectivity index (χ1n) is 6.89. The predicted molar refractivity (Wildman–Crippen MR) is 78.3 cm³/mol. The van der Waals surface area contributed by atoms with Gasteiger partial charge in [-0.2, -0.15) is 0 Å². The van der Waals surface area contributed by atoms with Crippen LogP contribution >= 0.6 is 12.2 Å². The lowest BCUT2D eigenvalue weighted by Gasteiger charge is -2.24. The lowest BCUT2D eigenvalue weighted by Crippen LogP contribution is -2.43. The lowest BCUT2D eigenvalue weighted by atomic mass is 9.96. The first kappa shape index (κ1) is 12.0. The van der Waals surface area contributed by atoms with Crippen LogP contribution in [-0.4, -0.2) is 11.2 Å². The maximum Gasteiger partial charge on any atom is 0.166 e. The van der Waals surface area contributed by atoms with Crippen LogP contribution in [0, 0.1) is 11.8 Å². The van der Waals surface area contributed by atoms with E-state index in [9.17, 15) is 0 Å². The van der Waals surface area contributed by atoms with E-state index >= 15 is 0 Å². The van der Waals surface area contributed by atoms with E-state index in [4.69, 9.17) is 12.2 Å². The average molecular weight is 260 g/mol. The van der Waals surface area contributed by atoms with Gasteiger partial charge in [-0.05, 0) is 48.9 Å². The van der Waals surface area contributed by atoms with Gasteiger partial charge in [0, 0.05) is 12.6 Å². The molecular weight excluding hydrogens is 240 g/mol. The third kappa shape index (κ3) is 2.66.